The average Bonchev–Trinajstić information content (AvgIpc) is 2.60. The van der Waals surface area contributed by atoms with Gasteiger partial charge in [-0.05, 0) is 48.6 Å². The molecule has 2 rings (SSSR count). The average molecular weight is 379 g/mol. The highest BCUT2D eigenvalue weighted by atomic mass is 35.5. The van der Waals surface area contributed by atoms with Crippen molar-refractivity contribution in [2.45, 2.75) is 0 Å². The maximum atomic E-state index is 12.0. The molecule has 0 radical (unpaired) electrons. The van der Waals surface area contributed by atoms with Gasteiger partial charge in [-0.2, -0.15) is 0 Å². The van der Waals surface area contributed by atoms with Crippen LogP contribution >= 0.6 is 23.8 Å². The number of nitro groups is 1. The van der Waals surface area contributed by atoms with Gasteiger partial charge in [-0.15, -0.1) is 0 Å². The van der Waals surface area contributed by atoms with Crippen molar-refractivity contribution < 1.29 is 14.5 Å². The molecule has 3 N–H and O–H groups in total. The van der Waals surface area contributed by atoms with E-state index in [1.165, 1.54) is 36.4 Å². The van der Waals surface area contributed by atoms with Gasteiger partial charge in [-0.3, -0.25) is 35.9 Å². The Kier molecular flexibility index (Phi) is 5.98. The van der Waals surface area contributed by atoms with Gasteiger partial charge < -0.3 is 0 Å². The van der Waals surface area contributed by atoms with Crippen LogP contribution in [0.4, 0.5) is 5.69 Å². The van der Waals surface area contributed by atoms with Gasteiger partial charge in [0.05, 0.1) is 4.92 Å². The van der Waals surface area contributed by atoms with Crippen molar-refractivity contribution >= 4 is 46.4 Å². The van der Waals surface area contributed by atoms with Gasteiger partial charge in [-0.1, -0.05) is 11.6 Å². The summed E-state index contributed by atoms with van der Waals surface area (Å²) in [5.41, 5.74) is 5.10. The number of hydrazine groups is 1. The van der Waals surface area contributed by atoms with E-state index in [0.717, 1.165) is 0 Å². The van der Waals surface area contributed by atoms with Crippen molar-refractivity contribution in [1.82, 2.24) is 16.2 Å². The van der Waals surface area contributed by atoms with E-state index in [9.17, 15) is 19.7 Å². The number of non-ortho nitro benzene ring substituents is 1. The number of nitrogens with one attached hydrogen (secondary N) is 3. The molecule has 10 heteroatoms. The molecule has 0 aliphatic rings. The number of benzene rings is 2. The maximum absolute atomic E-state index is 12.0. The molecule has 0 atom stereocenters. The predicted molar refractivity (Wildman–Crippen MR) is 95.2 cm³/mol. The molecule has 2 amide bonds. The minimum Gasteiger partial charge on any atom is -0.298 e. The fraction of sp³-hybridized carbons (Fsp3) is 0. The van der Waals surface area contributed by atoms with Crippen LogP contribution in [-0.2, 0) is 0 Å². The molecule has 0 bridgehead atoms. The summed E-state index contributed by atoms with van der Waals surface area (Å²) in [5, 5.41) is 13.3. The number of nitrogens with zero attached hydrogens (tertiary/aromatic N) is 1. The van der Waals surface area contributed by atoms with Gasteiger partial charge in [0.1, 0.15) is 0 Å². The molecule has 0 spiro atoms. The van der Waals surface area contributed by atoms with Crippen LogP contribution in [-0.4, -0.2) is 21.9 Å². The van der Waals surface area contributed by atoms with Gasteiger partial charge >= 0.3 is 0 Å². The Bertz CT molecular complexity index is 824. The molecule has 0 aliphatic carbocycles. The monoisotopic (exact) mass is 378 g/mol. The Labute approximate surface area is 152 Å². The highest BCUT2D eigenvalue weighted by Crippen LogP contribution is 2.11. The molecule has 128 valence electrons. The summed E-state index contributed by atoms with van der Waals surface area (Å²) in [5.74, 6) is -1.04. The highest BCUT2D eigenvalue weighted by Gasteiger charge is 2.11. The first-order valence-electron chi connectivity index (χ1n) is 6.78. The Balaban J connectivity index is 1.86. The Morgan fingerprint density at radius 1 is 0.920 bits per heavy atom. The summed E-state index contributed by atoms with van der Waals surface area (Å²) in [6, 6.07) is 11.2. The van der Waals surface area contributed by atoms with Crippen LogP contribution < -0.4 is 16.2 Å². The maximum Gasteiger partial charge on any atom is 0.269 e. The second kappa shape index (κ2) is 8.18. The van der Waals surface area contributed by atoms with Crippen LogP contribution in [0.15, 0.2) is 48.5 Å². The first kappa shape index (κ1) is 18.3. The van der Waals surface area contributed by atoms with Gasteiger partial charge in [0.15, 0.2) is 5.11 Å². The number of carbonyl (C=O) groups is 2. The van der Waals surface area contributed by atoms with E-state index >= 15 is 0 Å². The van der Waals surface area contributed by atoms with E-state index in [4.69, 9.17) is 23.8 Å². The quantitative estimate of drug-likeness (QED) is 0.428. The molecule has 0 saturated carbocycles. The lowest BCUT2D eigenvalue weighted by Gasteiger charge is -2.10. The number of hydrogen-bond acceptors (Lipinski definition) is 5. The zero-order valence-electron chi connectivity index (χ0n) is 12.5. The molecule has 0 saturated heterocycles. The van der Waals surface area contributed by atoms with Crippen LogP contribution in [0.5, 0.6) is 0 Å². The Hall–Kier alpha value is -3.04. The second-order valence-electron chi connectivity index (χ2n) is 4.67. The van der Waals surface area contributed by atoms with E-state index in [2.05, 4.69) is 16.2 Å². The van der Waals surface area contributed by atoms with Crippen molar-refractivity contribution in [3.05, 3.63) is 74.8 Å². The lowest BCUT2D eigenvalue weighted by atomic mass is 10.2. The largest absolute Gasteiger partial charge is 0.298 e. The fourth-order valence-corrected chi connectivity index (χ4v) is 2.00. The number of carbonyl (C=O) groups excluding carboxylic acids is 2. The normalized spacial score (nSPS) is 9.80. The smallest absolute Gasteiger partial charge is 0.269 e. The van der Waals surface area contributed by atoms with Gasteiger partial charge in [0.25, 0.3) is 17.5 Å². The SMILES string of the molecule is O=C(NNC(=S)NC(=O)c1ccc([N+](=O)[O-])cc1)c1ccc(Cl)cc1. The summed E-state index contributed by atoms with van der Waals surface area (Å²) in [4.78, 5) is 33.8. The minimum atomic E-state index is -0.576. The zero-order valence-corrected chi connectivity index (χ0v) is 14.1. The summed E-state index contributed by atoms with van der Waals surface area (Å²) >= 11 is 10.6. The molecule has 0 aromatic heterocycles. The van der Waals surface area contributed by atoms with Crippen LogP contribution in [0.1, 0.15) is 20.7 Å². The third-order valence-electron chi connectivity index (χ3n) is 2.96. The zero-order chi connectivity index (χ0) is 18.4. The molecule has 0 unspecified atom stereocenters. The summed E-state index contributed by atoms with van der Waals surface area (Å²) in [7, 11) is 0. The van der Waals surface area contributed by atoms with Crippen LogP contribution in [0.25, 0.3) is 0 Å². The lowest BCUT2D eigenvalue weighted by Crippen LogP contribution is -2.48. The number of thiocarbonyl (C=S) groups is 1. The second-order valence-corrected chi connectivity index (χ2v) is 5.52. The summed E-state index contributed by atoms with van der Waals surface area (Å²) in [6.45, 7) is 0. The molecular formula is C15H11ClN4O4S. The number of rotatable bonds is 3. The molecule has 25 heavy (non-hydrogen) atoms. The third kappa shape index (κ3) is 5.23. The summed E-state index contributed by atoms with van der Waals surface area (Å²) in [6.07, 6.45) is 0. The van der Waals surface area contributed by atoms with Crippen molar-refractivity contribution in [2.24, 2.45) is 0 Å². The predicted octanol–water partition coefficient (Wildman–Crippen LogP) is 2.20. The first-order valence-corrected chi connectivity index (χ1v) is 7.57. The number of amides is 2. The first-order chi connectivity index (χ1) is 11.9. The topological polar surface area (TPSA) is 113 Å². The van der Waals surface area contributed by atoms with Gasteiger partial charge in [0.2, 0.25) is 0 Å². The van der Waals surface area contributed by atoms with Crippen molar-refractivity contribution in [2.75, 3.05) is 0 Å². The van der Waals surface area contributed by atoms with E-state index in [1.807, 2.05) is 0 Å². The molecular weight excluding hydrogens is 368 g/mol. The van der Waals surface area contributed by atoms with Crippen LogP contribution in [0, 0.1) is 10.1 Å². The highest BCUT2D eigenvalue weighted by molar-refractivity contribution is 7.80. The number of halogens is 1. The molecule has 2 aromatic carbocycles. The van der Waals surface area contributed by atoms with Gasteiger partial charge in [-0.25, -0.2) is 0 Å². The van der Waals surface area contributed by atoms with E-state index in [0.29, 0.717) is 10.6 Å². The molecule has 0 aliphatic heterocycles. The van der Waals surface area contributed by atoms with E-state index in [1.54, 1.807) is 12.1 Å². The van der Waals surface area contributed by atoms with Crippen LogP contribution in [0.2, 0.25) is 5.02 Å². The fourth-order valence-electron chi connectivity index (χ4n) is 1.73. The molecule has 8 nitrogen and oxygen atoms in total. The molecule has 0 fully saturated rings. The lowest BCUT2D eigenvalue weighted by molar-refractivity contribution is -0.384. The van der Waals surface area contributed by atoms with Gasteiger partial charge in [0, 0.05) is 28.3 Å². The standard InChI is InChI=1S/C15H11ClN4O4S/c16-11-5-1-10(2-6-11)14(22)18-19-15(25)17-13(21)9-3-7-12(8-4-9)20(23)24/h1-8H,(H,18,22)(H2,17,19,21,25). The van der Waals surface area contributed by atoms with Crippen LogP contribution in [0.3, 0.4) is 0 Å². The van der Waals surface area contributed by atoms with Crippen molar-refractivity contribution in [1.29, 1.82) is 0 Å². The van der Waals surface area contributed by atoms with E-state index in [-0.39, 0.29) is 16.4 Å². The number of hydrogen-bond donors (Lipinski definition) is 3. The third-order valence-corrected chi connectivity index (χ3v) is 3.42. The molecule has 2 aromatic rings. The Morgan fingerprint density at radius 2 is 1.44 bits per heavy atom. The minimum absolute atomic E-state index is 0.132. The Morgan fingerprint density at radius 3 is 2.00 bits per heavy atom. The van der Waals surface area contributed by atoms with Crippen molar-refractivity contribution in [3.63, 3.8) is 0 Å². The van der Waals surface area contributed by atoms with Crippen molar-refractivity contribution in [3.8, 4) is 0 Å². The molecule has 0 heterocycles. The summed E-state index contributed by atoms with van der Waals surface area (Å²) < 4.78 is 0. The number of nitro benzene ring substituents is 1. The van der Waals surface area contributed by atoms with E-state index < -0.39 is 16.7 Å².